The number of aromatic amines is 1. The van der Waals surface area contributed by atoms with Gasteiger partial charge in [0.15, 0.2) is 17.0 Å². The minimum absolute atomic E-state index is 0.157. The molecular formula is C18H13F3N6O. The zero-order valence-corrected chi connectivity index (χ0v) is 14.4. The van der Waals surface area contributed by atoms with E-state index in [9.17, 15) is 18.0 Å². The normalized spacial score (nSPS) is 11.7. The summed E-state index contributed by atoms with van der Waals surface area (Å²) in [6.45, 7) is 1.68. The summed E-state index contributed by atoms with van der Waals surface area (Å²) in [5.41, 5.74) is 1.05. The molecule has 4 aromatic rings. The van der Waals surface area contributed by atoms with Crippen LogP contribution in [0.2, 0.25) is 0 Å². The maximum absolute atomic E-state index is 13.1. The van der Waals surface area contributed by atoms with Gasteiger partial charge in [0.2, 0.25) is 0 Å². The van der Waals surface area contributed by atoms with Crippen molar-refractivity contribution in [1.29, 1.82) is 0 Å². The van der Waals surface area contributed by atoms with E-state index in [1.807, 2.05) is 0 Å². The number of imidazole rings is 1. The molecule has 2 N–H and O–H groups in total. The Labute approximate surface area is 156 Å². The molecule has 1 aromatic carbocycles. The van der Waals surface area contributed by atoms with Gasteiger partial charge in [-0.25, -0.2) is 15.0 Å². The lowest BCUT2D eigenvalue weighted by Gasteiger charge is -2.15. The average molecular weight is 386 g/mol. The van der Waals surface area contributed by atoms with E-state index in [1.54, 1.807) is 13.0 Å². The number of nitrogens with one attached hydrogen (secondary N) is 2. The Morgan fingerprint density at radius 1 is 1.18 bits per heavy atom. The predicted octanol–water partition coefficient (Wildman–Crippen LogP) is 3.72. The molecule has 0 unspecified atom stereocenters. The number of H-pyrrole nitrogens is 1. The number of anilines is 1. The fourth-order valence-electron chi connectivity index (χ4n) is 2.85. The summed E-state index contributed by atoms with van der Waals surface area (Å²) in [5, 5.41) is 2.63. The zero-order valence-electron chi connectivity index (χ0n) is 14.4. The van der Waals surface area contributed by atoms with Gasteiger partial charge >= 0.3 is 6.18 Å². The fourth-order valence-corrected chi connectivity index (χ4v) is 2.85. The number of carbonyl (C=O) groups excluding carboxylic acids is 1. The summed E-state index contributed by atoms with van der Waals surface area (Å²) in [6, 6.07) is 6.49. The first-order valence-electron chi connectivity index (χ1n) is 8.15. The van der Waals surface area contributed by atoms with Crippen LogP contribution >= 0.6 is 0 Å². The highest BCUT2D eigenvalue weighted by Gasteiger charge is 2.31. The number of fused-ring (bicyclic) bond motifs is 1. The highest BCUT2D eigenvalue weighted by molar-refractivity contribution is 6.06. The summed E-state index contributed by atoms with van der Waals surface area (Å²) in [7, 11) is 0. The standard InChI is InChI=1S/C18H13F3N6O/c1-10-4-5-11(18(19,20)21)7-13(10)27-6-2-3-12(27)17(28)26-16-14-15(23-8-22-14)24-9-25-16/h2-9H,1H3,(H2,22,23,24,25,26,28). The van der Waals surface area contributed by atoms with Crippen molar-refractivity contribution in [2.75, 3.05) is 5.32 Å². The van der Waals surface area contributed by atoms with Crippen molar-refractivity contribution in [3.63, 3.8) is 0 Å². The lowest BCUT2D eigenvalue weighted by atomic mass is 10.1. The van der Waals surface area contributed by atoms with Gasteiger partial charge in [-0.15, -0.1) is 0 Å². The number of carbonyl (C=O) groups is 1. The molecule has 3 heterocycles. The van der Waals surface area contributed by atoms with Crippen molar-refractivity contribution < 1.29 is 18.0 Å². The number of halogens is 3. The van der Waals surface area contributed by atoms with Crippen molar-refractivity contribution in [2.24, 2.45) is 0 Å². The van der Waals surface area contributed by atoms with Crippen LogP contribution in [-0.4, -0.2) is 30.4 Å². The number of aromatic nitrogens is 5. The number of alkyl halides is 3. The van der Waals surface area contributed by atoms with Crippen molar-refractivity contribution in [2.45, 2.75) is 13.1 Å². The van der Waals surface area contributed by atoms with E-state index in [-0.39, 0.29) is 17.2 Å². The Hall–Kier alpha value is -3.69. The van der Waals surface area contributed by atoms with Crippen molar-refractivity contribution in [3.8, 4) is 5.69 Å². The van der Waals surface area contributed by atoms with E-state index in [0.717, 1.165) is 12.1 Å². The molecule has 0 aliphatic heterocycles. The molecule has 142 valence electrons. The van der Waals surface area contributed by atoms with Crippen LogP contribution in [-0.2, 0) is 6.18 Å². The van der Waals surface area contributed by atoms with Crippen LogP contribution in [0.5, 0.6) is 0 Å². The summed E-state index contributed by atoms with van der Waals surface area (Å²) < 4.78 is 40.7. The molecule has 0 spiro atoms. The molecule has 7 nitrogen and oxygen atoms in total. The van der Waals surface area contributed by atoms with Crippen LogP contribution in [0.15, 0.2) is 49.2 Å². The molecule has 0 saturated heterocycles. The molecule has 10 heteroatoms. The first kappa shape index (κ1) is 17.7. The van der Waals surface area contributed by atoms with E-state index in [2.05, 4.69) is 25.3 Å². The van der Waals surface area contributed by atoms with Crippen molar-refractivity contribution in [1.82, 2.24) is 24.5 Å². The van der Waals surface area contributed by atoms with Crippen molar-refractivity contribution >= 4 is 22.9 Å². The number of amides is 1. The van der Waals surface area contributed by atoms with Gasteiger partial charge in [0.25, 0.3) is 5.91 Å². The highest BCUT2D eigenvalue weighted by Crippen LogP contribution is 2.32. The number of nitrogens with zero attached hydrogens (tertiary/aromatic N) is 4. The van der Waals surface area contributed by atoms with E-state index >= 15 is 0 Å². The van der Waals surface area contributed by atoms with E-state index in [0.29, 0.717) is 16.7 Å². The maximum Gasteiger partial charge on any atom is 0.416 e. The first-order chi connectivity index (χ1) is 13.3. The lowest BCUT2D eigenvalue weighted by molar-refractivity contribution is -0.137. The smallest absolute Gasteiger partial charge is 0.329 e. The van der Waals surface area contributed by atoms with Crippen LogP contribution in [0.1, 0.15) is 21.6 Å². The monoisotopic (exact) mass is 386 g/mol. The minimum Gasteiger partial charge on any atom is -0.329 e. The maximum atomic E-state index is 13.1. The lowest BCUT2D eigenvalue weighted by Crippen LogP contribution is -2.18. The first-order valence-corrected chi connectivity index (χ1v) is 8.15. The Morgan fingerprint density at radius 3 is 2.79 bits per heavy atom. The van der Waals surface area contributed by atoms with Gasteiger partial charge in [-0.05, 0) is 36.8 Å². The molecule has 3 aromatic heterocycles. The Bertz CT molecular complexity index is 1180. The number of hydrogen-bond acceptors (Lipinski definition) is 4. The zero-order chi connectivity index (χ0) is 19.9. The van der Waals surface area contributed by atoms with Gasteiger partial charge in [0.05, 0.1) is 11.9 Å². The molecule has 0 radical (unpaired) electrons. The average Bonchev–Trinajstić information content (AvgIpc) is 3.31. The molecule has 0 bridgehead atoms. The number of aryl methyl sites for hydroxylation is 1. The third-order valence-electron chi connectivity index (χ3n) is 4.23. The summed E-state index contributed by atoms with van der Waals surface area (Å²) in [6.07, 6.45) is -0.262. The molecule has 0 saturated carbocycles. The van der Waals surface area contributed by atoms with Gasteiger partial charge in [0, 0.05) is 11.9 Å². The topological polar surface area (TPSA) is 88.5 Å². The van der Waals surface area contributed by atoms with Gasteiger partial charge in [0.1, 0.15) is 12.0 Å². The molecule has 0 fully saturated rings. The molecule has 0 aliphatic carbocycles. The number of rotatable bonds is 3. The second-order valence-electron chi connectivity index (χ2n) is 6.04. The van der Waals surface area contributed by atoms with Crippen LogP contribution in [0.25, 0.3) is 16.9 Å². The molecule has 0 aliphatic rings. The second kappa shape index (κ2) is 6.48. The Morgan fingerprint density at radius 2 is 2.00 bits per heavy atom. The highest BCUT2D eigenvalue weighted by atomic mass is 19.4. The summed E-state index contributed by atoms with van der Waals surface area (Å²) >= 11 is 0. The van der Waals surface area contributed by atoms with Gasteiger partial charge in [-0.1, -0.05) is 6.07 Å². The summed E-state index contributed by atoms with van der Waals surface area (Å²) in [4.78, 5) is 27.6. The number of hydrogen-bond donors (Lipinski definition) is 2. The van der Waals surface area contributed by atoms with Crippen LogP contribution in [0.4, 0.5) is 19.0 Å². The molecule has 4 rings (SSSR count). The van der Waals surface area contributed by atoms with Gasteiger partial charge < -0.3 is 14.9 Å². The number of benzene rings is 1. The Kier molecular flexibility index (Phi) is 4.10. The SMILES string of the molecule is Cc1ccc(C(F)(F)F)cc1-n1cccc1C(=O)Nc1ncnc2[nH]cnc12. The van der Waals surface area contributed by atoms with Crippen molar-refractivity contribution in [3.05, 3.63) is 66.0 Å². The van der Waals surface area contributed by atoms with Crippen LogP contribution in [0.3, 0.4) is 0 Å². The van der Waals surface area contributed by atoms with Crippen LogP contribution < -0.4 is 5.32 Å². The second-order valence-corrected chi connectivity index (χ2v) is 6.04. The predicted molar refractivity (Wildman–Crippen MR) is 95.1 cm³/mol. The van der Waals surface area contributed by atoms with E-state index in [1.165, 1.54) is 35.6 Å². The molecule has 28 heavy (non-hydrogen) atoms. The quantitative estimate of drug-likeness (QED) is 0.562. The largest absolute Gasteiger partial charge is 0.416 e. The molecule has 0 atom stereocenters. The van der Waals surface area contributed by atoms with Crippen LogP contribution in [0, 0.1) is 6.92 Å². The Balaban J connectivity index is 1.72. The molecule has 1 amide bonds. The van der Waals surface area contributed by atoms with E-state index in [4.69, 9.17) is 0 Å². The molecular weight excluding hydrogens is 373 g/mol. The third-order valence-corrected chi connectivity index (χ3v) is 4.23. The third kappa shape index (κ3) is 3.08. The van der Waals surface area contributed by atoms with E-state index < -0.39 is 17.6 Å². The summed E-state index contributed by atoms with van der Waals surface area (Å²) in [5.74, 6) is -0.338. The fraction of sp³-hybridized carbons (Fsp3) is 0.111. The van der Waals surface area contributed by atoms with Gasteiger partial charge in [-0.2, -0.15) is 13.2 Å². The van der Waals surface area contributed by atoms with Gasteiger partial charge in [-0.3, -0.25) is 4.79 Å². The minimum atomic E-state index is -4.48.